The Morgan fingerprint density at radius 2 is 2.05 bits per heavy atom. The largest absolute Gasteiger partial charge is 0.357 e. The quantitative estimate of drug-likeness (QED) is 0.896. The molecule has 1 heterocycles. The third kappa shape index (κ3) is 3.33. The number of aromatic nitrogens is 2. The van der Waals surface area contributed by atoms with Crippen molar-refractivity contribution in [2.24, 2.45) is 0 Å². The van der Waals surface area contributed by atoms with Crippen molar-refractivity contribution in [3.63, 3.8) is 0 Å². The maximum absolute atomic E-state index is 8.61. The molecule has 1 aromatic carbocycles. The number of nitrogens with zero attached hydrogens (tertiary/aromatic N) is 3. The maximum atomic E-state index is 8.61. The third-order valence-electron chi connectivity index (χ3n) is 2.47. The number of rotatable bonds is 4. The number of anilines is 3. The Balaban J connectivity index is 2.19. The molecule has 96 valence electrons. The second-order valence-electron chi connectivity index (χ2n) is 3.80. The van der Waals surface area contributed by atoms with Crippen molar-refractivity contribution in [3.05, 3.63) is 41.0 Å². The number of hydrogen-bond acceptors (Lipinski definition) is 5. The second kappa shape index (κ2) is 6.03. The molecule has 2 N–H and O–H groups in total. The van der Waals surface area contributed by atoms with E-state index in [1.165, 1.54) is 6.20 Å². The van der Waals surface area contributed by atoms with E-state index in [0.29, 0.717) is 23.2 Å². The molecule has 0 aliphatic rings. The first-order valence-corrected chi connectivity index (χ1v) is 6.04. The molecule has 0 aliphatic carbocycles. The van der Waals surface area contributed by atoms with Gasteiger partial charge in [0.05, 0.1) is 18.7 Å². The predicted octanol–water partition coefficient (Wildman–Crippen LogP) is 2.98. The molecule has 6 heteroatoms. The van der Waals surface area contributed by atoms with Crippen molar-refractivity contribution >= 4 is 29.1 Å². The zero-order valence-corrected chi connectivity index (χ0v) is 11.1. The van der Waals surface area contributed by atoms with Crippen LogP contribution in [0.4, 0.5) is 17.5 Å². The summed E-state index contributed by atoms with van der Waals surface area (Å²) in [6, 6.07) is 9.64. The molecular weight excluding hydrogens is 262 g/mol. The Morgan fingerprint density at radius 1 is 1.32 bits per heavy atom. The Hall–Kier alpha value is -2.32. The summed E-state index contributed by atoms with van der Waals surface area (Å²) in [6.07, 6.45) is 1.94. The van der Waals surface area contributed by atoms with E-state index in [-0.39, 0.29) is 0 Å². The highest BCUT2D eigenvalue weighted by molar-refractivity contribution is 6.32. The van der Waals surface area contributed by atoms with E-state index >= 15 is 0 Å². The molecule has 1 aromatic heterocycles. The van der Waals surface area contributed by atoms with Gasteiger partial charge in [0.2, 0.25) is 5.95 Å². The lowest BCUT2D eigenvalue weighted by Gasteiger charge is -2.08. The van der Waals surface area contributed by atoms with Gasteiger partial charge in [0.1, 0.15) is 5.02 Å². The Morgan fingerprint density at radius 3 is 2.68 bits per heavy atom. The van der Waals surface area contributed by atoms with Crippen LogP contribution in [0, 0.1) is 11.3 Å². The van der Waals surface area contributed by atoms with Crippen LogP contribution in [0.3, 0.4) is 0 Å². The minimum atomic E-state index is 0.401. The predicted molar refractivity (Wildman–Crippen MR) is 75.6 cm³/mol. The molecule has 0 unspecified atom stereocenters. The lowest BCUT2D eigenvalue weighted by atomic mass is 10.1. The molecule has 0 fully saturated rings. The van der Waals surface area contributed by atoms with Gasteiger partial charge in [-0.1, -0.05) is 23.7 Å². The zero-order chi connectivity index (χ0) is 13.7. The highest BCUT2D eigenvalue weighted by Crippen LogP contribution is 2.23. The lowest BCUT2D eigenvalue weighted by molar-refractivity contribution is 1.15. The van der Waals surface area contributed by atoms with E-state index in [0.717, 1.165) is 11.3 Å². The molecule has 0 spiro atoms. The van der Waals surface area contributed by atoms with Crippen LogP contribution in [0.5, 0.6) is 0 Å². The Labute approximate surface area is 116 Å². The van der Waals surface area contributed by atoms with Gasteiger partial charge in [-0.3, -0.25) is 0 Å². The van der Waals surface area contributed by atoms with Crippen LogP contribution >= 0.6 is 11.6 Å². The lowest BCUT2D eigenvalue weighted by Crippen LogP contribution is -2.01. The SMILES string of the molecule is CNc1ncc(Cl)c(Nc2ccc(CC#N)cc2)n1. The zero-order valence-electron chi connectivity index (χ0n) is 10.3. The topological polar surface area (TPSA) is 73.6 Å². The van der Waals surface area contributed by atoms with Crippen molar-refractivity contribution in [3.8, 4) is 6.07 Å². The molecule has 0 aliphatic heterocycles. The van der Waals surface area contributed by atoms with E-state index < -0.39 is 0 Å². The van der Waals surface area contributed by atoms with Crippen LogP contribution in [-0.4, -0.2) is 17.0 Å². The fourth-order valence-corrected chi connectivity index (χ4v) is 1.65. The number of nitriles is 1. The molecule has 0 bridgehead atoms. The summed E-state index contributed by atoms with van der Waals surface area (Å²) in [5.74, 6) is 1.03. The molecule has 2 aromatic rings. The van der Waals surface area contributed by atoms with Crippen molar-refractivity contribution < 1.29 is 0 Å². The normalized spacial score (nSPS) is 9.74. The average Bonchev–Trinajstić information content (AvgIpc) is 2.44. The van der Waals surface area contributed by atoms with Gasteiger partial charge in [-0.15, -0.1) is 0 Å². The highest BCUT2D eigenvalue weighted by Gasteiger charge is 2.05. The van der Waals surface area contributed by atoms with Gasteiger partial charge >= 0.3 is 0 Å². The van der Waals surface area contributed by atoms with Crippen LogP contribution in [0.1, 0.15) is 5.56 Å². The van der Waals surface area contributed by atoms with Crippen molar-refractivity contribution in [1.29, 1.82) is 5.26 Å². The van der Waals surface area contributed by atoms with Crippen LogP contribution < -0.4 is 10.6 Å². The molecule has 0 amide bonds. The van der Waals surface area contributed by atoms with Crippen LogP contribution in [-0.2, 0) is 6.42 Å². The number of benzene rings is 1. The summed E-state index contributed by atoms with van der Waals surface area (Å²) in [5, 5.41) is 15.0. The summed E-state index contributed by atoms with van der Waals surface area (Å²) in [4.78, 5) is 8.23. The van der Waals surface area contributed by atoms with Crippen molar-refractivity contribution in [2.75, 3.05) is 17.7 Å². The minimum absolute atomic E-state index is 0.401. The summed E-state index contributed by atoms with van der Waals surface area (Å²) in [5.41, 5.74) is 1.82. The summed E-state index contributed by atoms with van der Waals surface area (Å²) < 4.78 is 0. The third-order valence-corrected chi connectivity index (χ3v) is 2.74. The van der Waals surface area contributed by atoms with E-state index in [2.05, 4.69) is 26.7 Å². The summed E-state index contributed by atoms with van der Waals surface area (Å²) in [7, 11) is 1.74. The van der Waals surface area contributed by atoms with E-state index in [9.17, 15) is 0 Å². The van der Waals surface area contributed by atoms with Gasteiger partial charge in [-0.25, -0.2) is 4.98 Å². The number of hydrogen-bond donors (Lipinski definition) is 2. The molecule has 0 saturated heterocycles. The van der Waals surface area contributed by atoms with Crippen LogP contribution in [0.15, 0.2) is 30.5 Å². The van der Waals surface area contributed by atoms with Gasteiger partial charge in [-0.2, -0.15) is 10.2 Å². The summed E-state index contributed by atoms with van der Waals surface area (Å²) >= 11 is 6.03. The highest BCUT2D eigenvalue weighted by atomic mass is 35.5. The van der Waals surface area contributed by atoms with E-state index in [1.54, 1.807) is 7.05 Å². The first kappa shape index (κ1) is 13.1. The van der Waals surface area contributed by atoms with Crippen molar-refractivity contribution in [2.45, 2.75) is 6.42 Å². The minimum Gasteiger partial charge on any atom is -0.357 e. The van der Waals surface area contributed by atoms with Gasteiger partial charge in [-0.05, 0) is 17.7 Å². The maximum Gasteiger partial charge on any atom is 0.224 e. The van der Waals surface area contributed by atoms with Gasteiger partial charge in [0, 0.05) is 12.7 Å². The molecule has 19 heavy (non-hydrogen) atoms. The van der Waals surface area contributed by atoms with E-state index in [4.69, 9.17) is 16.9 Å². The molecule has 0 saturated carbocycles. The summed E-state index contributed by atoms with van der Waals surface area (Å²) in [6.45, 7) is 0. The van der Waals surface area contributed by atoms with Gasteiger partial charge in [0.15, 0.2) is 5.82 Å². The fourth-order valence-electron chi connectivity index (χ4n) is 1.51. The number of halogens is 1. The van der Waals surface area contributed by atoms with Crippen LogP contribution in [0.2, 0.25) is 5.02 Å². The standard InChI is InChI=1S/C13H12ClN5/c1-16-13-17-8-11(14)12(19-13)18-10-4-2-9(3-5-10)6-7-15/h2-5,8H,6H2,1H3,(H2,16,17,18,19). The van der Waals surface area contributed by atoms with Crippen molar-refractivity contribution in [1.82, 2.24) is 9.97 Å². The molecular formula is C13H12ClN5. The first-order valence-electron chi connectivity index (χ1n) is 5.66. The first-order chi connectivity index (χ1) is 9.22. The number of nitrogens with one attached hydrogen (secondary N) is 2. The molecule has 0 radical (unpaired) electrons. The fraction of sp³-hybridized carbons (Fsp3) is 0.154. The second-order valence-corrected chi connectivity index (χ2v) is 4.20. The molecule has 5 nitrogen and oxygen atoms in total. The molecule has 2 rings (SSSR count). The molecule has 0 atom stereocenters. The average molecular weight is 274 g/mol. The van der Waals surface area contributed by atoms with Gasteiger partial charge in [0.25, 0.3) is 0 Å². The Bertz CT molecular complexity index is 603. The Kier molecular flexibility index (Phi) is 4.16. The van der Waals surface area contributed by atoms with E-state index in [1.807, 2.05) is 24.3 Å². The van der Waals surface area contributed by atoms with Crippen LogP contribution in [0.25, 0.3) is 0 Å². The smallest absolute Gasteiger partial charge is 0.224 e. The van der Waals surface area contributed by atoms with Gasteiger partial charge < -0.3 is 10.6 Å². The monoisotopic (exact) mass is 273 g/mol.